The van der Waals surface area contributed by atoms with E-state index in [1.54, 1.807) is 0 Å². The molecule has 1 fully saturated rings. The third-order valence-corrected chi connectivity index (χ3v) is 1.89. The molecule has 0 aromatic heterocycles. The van der Waals surface area contributed by atoms with Crippen LogP contribution in [0.3, 0.4) is 0 Å². The zero-order valence-electron chi connectivity index (χ0n) is 7.58. The monoisotopic (exact) mass is 170 g/mol. The summed E-state index contributed by atoms with van der Waals surface area (Å²) in [4.78, 5) is 13.3. The van der Waals surface area contributed by atoms with Crippen molar-refractivity contribution in [2.75, 3.05) is 26.3 Å². The van der Waals surface area contributed by atoms with E-state index in [2.05, 4.69) is 6.92 Å². The van der Waals surface area contributed by atoms with Crippen molar-refractivity contribution in [3.8, 4) is 0 Å². The van der Waals surface area contributed by atoms with Gasteiger partial charge in [-0.25, -0.2) is 0 Å². The molecule has 0 aliphatic carbocycles. The molecular formula is C9H16NO2. The molecule has 12 heavy (non-hydrogen) atoms. The lowest BCUT2D eigenvalue weighted by atomic mass is 10.1. The van der Waals surface area contributed by atoms with E-state index in [9.17, 15) is 4.79 Å². The number of carbonyl (C=O) groups is 1. The molecule has 1 radical (unpaired) electrons. The van der Waals surface area contributed by atoms with Gasteiger partial charge in [0.05, 0.1) is 13.2 Å². The first-order chi connectivity index (χ1) is 5.70. The molecule has 0 saturated carbocycles. The van der Waals surface area contributed by atoms with E-state index in [-0.39, 0.29) is 11.8 Å². The maximum atomic E-state index is 11.4. The normalized spacial score (nSPS) is 18.4. The Labute approximate surface area is 73.7 Å². The predicted octanol–water partition coefficient (Wildman–Crippen LogP) is 0.705. The fraction of sp³-hybridized carbons (Fsp3) is 0.778. The van der Waals surface area contributed by atoms with E-state index >= 15 is 0 Å². The summed E-state index contributed by atoms with van der Waals surface area (Å²) in [6, 6.07) is 0. The van der Waals surface area contributed by atoms with Gasteiger partial charge in [0.1, 0.15) is 0 Å². The van der Waals surface area contributed by atoms with Crippen molar-refractivity contribution >= 4 is 5.91 Å². The summed E-state index contributed by atoms with van der Waals surface area (Å²) in [6.07, 6.45) is 0.556. The summed E-state index contributed by atoms with van der Waals surface area (Å²) in [5, 5.41) is 0. The molecule has 0 aromatic rings. The number of hydrogen-bond acceptors (Lipinski definition) is 2. The second-order valence-electron chi connectivity index (χ2n) is 3.30. The molecule has 0 aromatic carbocycles. The maximum absolute atomic E-state index is 11.4. The second kappa shape index (κ2) is 4.45. The summed E-state index contributed by atoms with van der Waals surface area (Å²) < 4.78 is 5.15. The van der Waals surface area contributed by atoms with Gasteiger partial charge in [0.25, 0.3) is 0 Å². The van der Waals surface area contributed by atoms with Crippen LogP contribution in [0.4, 0.5) is 0 Å². The zero-order chi connectivity index (χ0) is 8.97. The van der Waals surface area contributed by atoms with Crippen LogP contribution >= 0.6 is 0 Å². The first-order valence-electron chi connectivity index (χ1n) is 4.38. The number of nitrogens with zero attached hydrogens (tertiary/aromatic N) is 1. The van der Waals surface area contributed by atoms with Crippen LogP contribution in [0.1, 0.15) is 13.3 Å². The lowest BCUT2D eigenvalue weighted by Crippen LogP contribution is -2.41. The molecule has 0 N–H and O–H groups in total. The van der Waals surface area contributed by atoms with Crippen molar-refractivity contribution in [1.29, 1.82) is 0 Å². The molecular weight excluding hydrogens is 154 g/mol. The van der Waals surface area contributed by atoms with Crippen LogP contribution in [0.15, 0.2) is 0 Å². The molecule has 1 rings (SSSR count). The third kappa shape index (κ3) is 2.81. The van der Waals surface area contributed by atoms with E-state index in [0.717, 1.165) is 13.1 Å². The van der Waals surface area contributed by atoms with Gasteiger partial charge in [-0.15, -0.1) is 0 Å². The predicted molar refractivity (Wildman–Crippen MR) is 46.5 cm³/mol. The molecule has 1 aliphatic heterocycles. The first kappa shape index (κ1) is 9.52. The van der Waals surface area contributed by atoms with Gasteiger partial charge < -0.3 is 9.64 Å². The number of carbonyl (C=O) groups excluding carboxylic acids is 1. The number of morpholine rings is 1. The van der Waals surface area contributed by atoms with Crippen LogP contribution in [0.25, 0.3) is 0 Å². The van der Waals surface area contributed by atoms with Crippen LogP contribution in [-0.2, 0) is 9.53 Å². The molecule has 3 nitrogen and oxygen atoms in total. The quantitative estimate of drug-likeness (QED) is 0.610. The van der Waals surface area contributed by atoms with Crippen molar-refractivity contribution in [1.82, 2.24) is 4.90 Å². The molecule has 3 heteroatoms. The van der Waals surface area contributed by atoms with Crippen molar-refractivity contribution in [3.63, 3.8) is 0 Å². The Balaban J connectivity index is 2.30. The standard InChI is InChI=1S/C9H16NO2/c1-8(2)7-9(11)10-3-5-12-6-4-10/h8H,1,3-7H2,2H3. The minimum atomic E-state index is 0.209. The van der Waals surface area contributed by atoms with Gasteiger partial charge in [0.2, 0.25) is 5.91 Å². The van der Waals surface area contributed by atoms with Crippen LogP contribution in [0, 0.1) is 12.8 Å². The fourth-order valence-electron chi connectivity index (χ4n) is 1.24. The van der Waals surface area contributed by atoms with Crippen molar-refractivity contribution < 1.29 is 9.53 Å². The average Bonchev–Trinajstić information content (AvgIpc) is 2.05. The van der Waals surface area contributed by atoms with Crippen molar-refractivity contribution in [3.05, 3.63) is 6.92 Å². The third-order valence-electron chi connectivity index (χ3n) is 1.89. The molecule has 1 aliphatic rings. The van der Waals surface area contributed by atoms with Gasteiger partial charge in [-0.3, -0.25) is 4.79 Å². The van der Waals surface area contributed by atoms with Crippen LogP contribution < -0.4 is 0 Å². The Morgan fingerprint density at radius 3 is 2.67 bits per heavy atom. The Hall–Kier alpha value is -0.570. The van der Waals surface area contributed by atoms with Crippen LogP contribution in [0.5, 0.6) is 0 Å². The fourth-order valence-corrected chi connectivity index (χ4v) is 1.24. The molecule has 1 saturated heterocycles. The Kier molecular flexibility index (Phi) is 3.53. The summed E-state index contributed by atoms with van der Waals surface area (Å²) >= 11 is 0. The van der Waals surface area contributed by atoms with E-state index in [1.165, 1.54) is 0 Å². The summed E-state index contributed by atoms with van der Waals surface area (Å²) in [5.41, 5.74) is 0. The number of ether oxygens (including phenoxy) is 1. The SMILES string of the molecule is [CH2]C(C)CC(=O)N1CCOCC1. The van der Waals surface area contributed by atoms with Crippen molar-refractivity contribution in [2.45, 2.75) is 13.3 Å². The number of rotatable bonds is 2. The highest BCUT2D eigenvalue weighted by Gasteiger charge is 2.16. The lowest BCUT2D eigenvalue weighted by Gasteiger charge is -2.27. The Morgan fingerprint density at radius 2 is 2.17 bits per heavy atom. The van der Waals surface area contributed by atoms with Gasteiger partial charge in [-0.1, -0.05) is 6.92 Å². The highest BCUT2D eigenvalue weighted by atomic mass is 16.5. The minimum Gasteiger partial charge on any atom is -0.378 e. The molecule has 0 spiro atoms. The number of amides is 1. The topological polar surface area (TPSA) is 29.5 Å². The van der Waals surface area contributed by atoms with Gasteiger partial charge in [-0.05, 0) is 12.8 Å². The van der Waals surface area contributed by atoms with Gasteiger partial charge in [0, 0.05) is 19.5 Å². The molecule has 1 amide bonds. The van der Waals surface area contributed by atoms with E-state index < -0.39 is 0 Å². The largest absolute Gasteiger partial charge is 0.378 e. The smallest absolute Gasteiger partial charge is 0.222 e. The van der Waals surface area contributed by atoms with Gasteiger partial charge in [0.15, 0.2) is 0 Å². The Bertz CT molecular complexity index is 151. The van der Waals surface area contributed by atoms with Gasteiger partial charge in [-0.2, -0.15) is 0 Å². The summed E-state index contributed by atoms with van der Waals surface area (Å²) in [6.45, 7) is 8.59. The maximum Gasteiger partial charge on any atom is 0.222 e. The van der Waals surface area contributed by atoms with E-state index in [1.807, 2.05) is 11.8 Å². The average molecular weight is 170 g/mol. The van der Waals surface area contributed by atoms with E-state index in [0.29, 0.717) is 19.6 Å². The summed E-state index contributed by atoms with van der Waals surface area (Å²) in [5.74, 6) is 0.418. The highest BCUT2D eigenvalue weighted by Crippen LogP contribution is 2.05. The highest BCUT2D eigenvalue weighted by molar-refractivity contribution is 5.76. The summed E-state index contributed by atoms with van der Waals surface area (Å²) in [7, 11) is 0. The molecule has 1 heterocycles. The molecule has 1 atom stereocenters. The lowest BCUT2D eigenvalue weighted by molar-refractivity contribution is -0.135. The second-order valence-corrected chi connectivity index (χ2v) is 3.30. The van der Waals surface area contributed by atoms with Gasteiger partial charge >= 0.3 is 0 Å². The zero-order valence-corrected chi connectivity index (χ0v) is 7.58. The first-order valence-corrected chi connectivity index (χ1v) is 4.38. The van der Waals surface area contributed by atoms with Crippen LogP contribution in [0.2, 0.25) is 0 Å². The van der Waals surface area contributed by atoms with Crippen LogP contribution in [-0.4, -0.2) is 37.1 Å². The minimum absolute atomic E-state index is 0.209. The molecule has 69 valence electrons. The Morgan fingerprint density at radius 1 is 1.58 bits per heavy atom. The molecule has 0 bridgehead atoms. The van der Waals surface area contributed by atoms with Crippen molar-refractivity contribution in [2.24, 2.45) is 5.92 Å². The molecule has 1 unspecified atom stereocenters. The number of hydrogen-bond donors (Lipinski definition) is 0. The van der Waals surface area contributed by atoms with E-state index in [4.69, 9.17) is 4.74 Å².